The Labute approximate surface area is 216 Å². The Balaban J connectivity index is 1.81. The summed E-state index contributed by atoms with van der Waals surface area (Å²) in [5.74, 6) is -1.33. The van der Waals surface area contributed by atoms with Crippen molar-refractivity contribution in [1.29, 1.82) is 0 Å². The van der Waals surface area contributed by atoms with Crippen LogP contribution >= 0.6 is 0 Å². The molecule has 2 heterocycles. The third kappa shape index (κ3) is 7.66. The van der Waals surface area contributed by atoms with Crippen LogP contribution in [0.4, 0.5) is 14.9 Å². The Morgan fingerprint density at radius 2 is 2.05 bits per heavy atom. The highest BCUT2D eigenvalue weighted by molar-refractivity contribution is 5.96. The van der Waals surface area contributed by atoms with Gasteiger partial charge in [-0.3, -0.25) is 14.4 Å². The molecule has 1 aromatic carbocycles. The number of carbonyl (C=O) groups is 3. The third-order valence-electron chi connectivity index (χ3n) is 5.10. The van der Waals surface area contributed by atoms with Gasteiger partial charge in [-0.15, -0.1) is 0 Å². The summed E-state index contributed by atoms with van der Waals surface area (Å²) in [4.78, 5) is 55.2. The fourth-order valence-electron chi connectivity index (χ4n) is 3.60. The van der Waals surface area contributed by atoms with Crippen molar-refractivity contribution in [3.05, 3.63) is 64.6 Å². The molecule has 1 atom stereocenters. The van der Waals surface area contributed by atoms with E-state index in [1.807, 2.05) is 20.8 Å². The van der Waals surface area contributed by atoms with Crippen molar-refractivity contribution in [3.8, 4) is 5.75 Å². The van der Waals surface area contributed by atoms with Crippen LogP contribution in [0.3, 0.4) is 0 Å². The minimum absolute atomic E-state index is 0.0252. The fourth-order valence-corrected chi connectivity index (χ4v) is 3.60. The number of amides is 3. The first-order valence-corrected chi connectivity index (χ1v) is 11.7. The number of benzene rings is 1. The molecule has 0 bridgehead atoms. The van der Waals surface area contributed by atoms with Crippen LogP contribution < -0.4 is 26.7 Å². The predicted molar refractivity (Wildman–Crippen MR) is 137 cm³/mol. The standard InChI is InChI=1S/C25H29FN6O6/c1-25(2,3)38-18-12-14(26)11-17-21(18)31-20(28-17)13-32-10-6-8-16(23(32)35)29-22(34)15(30-24(36)37)7-4-5-9-19(27)33/h5-6,8-12,15,30H,4,7,13H2,1-3H3,(H2,27,33)(H,28,31)(H,29,34)(H,36,37)/b9-5+. The third-order valence-corrected chi connectivity index (χ3v) is 5.10. The number of H-pyrrole nitrogens is 1. The van der Waals surface area contributed by atoms with Crippen LogP contribution in [0.5, 0.6) is 5.75 Å². The Hall–Kier alpha value is -4.68. The Morgan fingerprint density at radius 3 is 2.71 bits per heavy atom. The number of primary amides is 1. The van der Waals surface area contributed by atoms with Gasteiger partial charge in [0.15, 0.2) is 5.75 Å². The number of ether oxygens (including phenoxy) is 1. The van der Waals surface area contributed by atoms with Crippen molar-refractivity contribution < 1.29 is 28.6 Å². The molecule has 6 N–H and O–H groups in total. The van der Waals surface area contributed by atoms with E-state index in [1.165, 1.54) is 41.1 Å². The van der Waals surface area contributed by atoms with Gasteiger partial charge in [0.25, 0.3) is 5.56 Å². The molecule has 12 nitrogen and oxygen atoms in total. The van der Waals surface area contributed by atoms with E-state index < -0.39 is 40.9 Å². The molecule has 0 fully saturated rings. The van der Waals surface area contributed by atoms with Gasteiger partial charge in [-0.1, -0.05) is 6.08 Å². The molecule has 0 aliphatic rings. The number of carboxylic acid groups (broad SMARTS) is 1. The number of hydrogen-bond acceptors (Lipinski definition) is 6. The van der Waals surface area contributed by atoms with Crippen LogP contribution in [0.15, 0.2) is 47.4 Å². The van der Waals surface area contributed by atoms with E-state index in [-0.39, 0.29) is 30.8 Å². The molecule has 2 aromatic heterocycles. The molecule has 3 rings (SSSR count). The van der Waals surface area contributed by atoms with Crippen LogP contribution in [0.25, 0.3) is 11.0 Å². The summed E-state index contributed by atoms with van der Waals surface area (Å²) in [7, 11) is 0. The van der Waals surface area contributed by atoms with Crippen LogP contribution in [-0.4, -0.2) is 49.2 Å². The maximum Gasteiger partial charge on any atom is 0.405 e. The number of allylic oxidation sites excluding steroid dienone is 1. The number of carbonyl (C=O) groups excluding carboxylic acids is 2. The summed E-state index contributed by atoms with van der Waals surface area (Å²) in [6.07, 6.45) is 2.80. The second-order valence-corrected chi connectivity index (χ2v) is 9.43. The van der Waals surface area contributed by atoms with E-state index in [1.54, 1.807) is 0 Å². The topological polar surface area (TPSA) is 181 Å². The summed E-state index contributed by atoms with van der Waals surface area (Å²) >= 11 is 0. The van der Waals surface area contributed by atoms with Crippen molar-refractivity contribution in [2.75, 3.05) is 5.32 Å². The van der Waals surface area contributed by atoms with Gasteiger partial charge in [-0.2, -0.15) is 0 Å². The van der Waals surface area contributed by atoms with Gasteiger partial charge in [0.2, 0.25) is 11.8 Å². The molecular weight excluding hydrogens is 499 g/mol. The number of pyridine rings is 1. The van der Waals surface area contributed by atoms with Crippen molar-refractivity contribution in [2.24, 2.45) is 5.73 Å². The van der Waals surface area contributed by atoms with Gasteiger partial charge in [0.05, 0.1) is 12.1 Å². The molecule has 38 heavy (non-hydrogen) atoms. The molecule has 0 radical (unpaired) electrons. The average Bonchev–Trinajstić information content (AvgIpc) is 3.19. The molecule has 1 unspecified atom stereocenters. The molecule has 3 aromatic rings. The Morgan fingerprint density at radius 1 is 1.32 bits per heavy atom. The minimum Gasteiger partial charge on any atom is -0.486 e. The highest BCUT2D eigenvalue weighted by atomic mass is 19.1. The van der Waals surface area contributed by atoms with Crippen LogP contribution in [0, 0.1) is 5.82 Å². The highest BCUT2D eigenvalue weighted by Gasteiger charge is 2.22. The van der Waals surface area contributed by atoms with E-state index in [4.69, 9.17) is 15.6 Å². The normalized spacial score (nSPS) is 12.4. The van der Waals surface area contributed by atoms with Gasteiger partial charge in [-0.05, 0) is 57.9 Å². The maximum absolute atomic E-state index is 14.1. The van der Waals surface area contributed by atoms with Crippen molar-refractivity contribution in [3.63, 3.8) is 0 Å². The number of nitrogens with one attached hydrogen (secondary N) is 3. The lowest BCUT2D eigenvalue weighted by Gasteiger charge is -2.21. The molecular formula is C25H29FN6O6. The number of aromatic nitrogens is 3. The second kappa shape index (κ2) is 11.6. The average molecular weight is 529 g/mol. The second-order valence-electron chi connectivity index (χ2n) is 9.43. The lowest BCUT2D eigenvalue weighted by Crippen LogP contribution is -2.44. The number of nitrogens with two attached hydrogens (primary N) is 1. The molecule has 13 heteroatoms. The van der Waals surface area contributed by atoms with Gasteiger partial charge >= 0.3 is 6.09 Å². The number of halogens is 1. The fraction of sp³-hybridized carbons (Fsp3) is 0.320. The molecule has 202 valence electrons. The Kier molecular flexibility index (Phi) is 8.50. The summed E-state index contributed by atoms with van der Waals surface area (Å²) < 4.78 is 21.2. The zero-order valence-electron chi connectivity index (χ0n) is 21.1. The zero-order chi connectivity index (χ0) is 28.0. The van der Waals surface area contributed by atoms with Gasteiger partial charge < -0.3 is 35.8 Å². The van der Waals surface area contributed by atoms with Crippen molar-refractivity contribution in [1.82, 2.24) is 19.9 Å². The number of aromatic amines is 1. The molecule has 0 aliphatic heterocycles. The van der Waals surface area contributed by atoms with E-state index >= 15 is 0 Å². The number of nitrogens with zero attached hydrogens (tertiary/aromatic N) is 2. The van der Waals surface area contributed by atoms with Crippen molar-refractivity contribution >= 4 is 34.6 Å². The summed E-state index contributed by atoms with van der Waals surface area (Å²) in [6.45, 7) is 5.45. The number of hydrogen-bond donors (Lipinski definition) is 5. The van der Waals surface area contributed by atoms with Gasteiger partial charge in [0, 0.05) is 12.3 Å². The molecule has 3 amide bonds. The van der Waals surface area contributed by atoms with Crippen LogP contribution in [0.1, 0.15) is 39.4 Å². The van der Waals surface area contributed by atoms with Gasteiger partial charge in [0.1, 0.15) is 34.5 Å². The molecule has 0 saturated carbocycles. The van der Waals surface area contributed by atoms with Gasteiger partial charge in [-0.25, -0.2) is 14.2 Å². The first-order chi connectivity index (χ1) is 17.8. The first-order valence-electron chi connectivity index (χ1n) is 11.7. The minimum atomic E-state index is -1.43. The summed E-state index contributed by atoms with van der Waals surface area (Å²) in [5.41, 5.74) is 4.58. The highest BCUT2D eigenvalue weighted by Crippen LogP contribution is 2.28. The molecule has 0 spiro atoms. The lowest BCUT2D eigenvalue weighted by molar-refractivity contribution is -0.118. The van der Waals surface area contributed by atoms with E-state index in [2.05, 4.69) is 20.6 Å². The number of rotatable bonds is 10. The molecule has 0 saturated heterocycles. The predicted octanol–water partition coefficient (Wildman–Crippen LogP) is 2.49. The smallest absolute Gasteiger partial charge is 0.405 e. The SMILES string of the molecule is CC(C)(C)Oc1cc(F)cc2[nH]c(Cn3cccc(NC(=O)C(CC/C=C/C(N)=O)NC(=O)O)c3=O)nc12. The summed E-state index contributed by atoms with van der Waals surface area (Å²) in [6, 6.07) is 4.23. The van der Waals surface area contributed by atoms with Crippen molar-refractivity contribution in [2.45, 2.75) is 51.8 Å². The number of anilines is 1. The van der Waals surface area contributed by atoms with E-state index in [0.29, 0.717) is 16.9 Å². The quantitative estimate of drug-likeness (QED) is 0.251. The van der Waals surface area contributed by atoms with E-state index in [0.717, 1.165) is 6.08 Å². The summed E-state index contributed by atoms with van der Waals surface area (Å²) in [5, 5.41) is 13.6. The largest absolute Gasteiger partial charge is 0.486 e. The van der Waals surface area contributed by atoms with Crippen LogP contribution in [0.2, 0.25) is 0 Å². The Bertz CT molecular complexity index is 1440. The zero-order valence-corrected chi connectivity index (χ0v) is 21.1. The monoisotopic (exact) mass is 528 g/mol. The lowest BCUT2D eigenvalue weighted by atomic mass is 10.1. The number of imidazole rings is 1. The first kappa shape index (κ1) is 27.9. The number of fused-ring (bicyclic) bond motifs is 1. The van der Waals surface area contributed by atoms with Crippen LogP contribution in [-0.2, 0) is 16.1 Å². The molecule has 0 aliphatic carbocycles. The maximum atomic E-state index is 14.1. The van der Waals surface area contributed by atoms with E-state index in [9.17, 15) is 23.6 Å².